The maximum atomic E-state index is 14.1. The molecular weight excluding hydrogens is 547 g/mol. The molecule has 1 aliphatic carbocycles. The highest BCUT2D eigenvalue weighted by Crippen LogP contribution is 2.38. The van der Waals surface area contributed by atoms with Crippen LogP contribution in [0.4, 0.5) is 13.2 Å². The number of fused-ring (bicyclic) bond motifs is 1. The van der Waals surface area contributed by atoms with E-state index in [1.54, 1.807) is 18.2 Å². The van der Waals surface area contributed by atoms with E-state index in [4.69, 9.17) is 16.3 Å². The molecule has 0 atom stereocenters. The Morgan fingerprint density at radius 1 is 1.05 bits per heavy atom. The van der Waals surface area contributed by atoms with Crippen LogP contribution in [-0.4, -0.2) is 31.1 Å². The summed E-state index contributed by atoms with van der Waals surface area (Å²) in [5.74, 6) is -1.89. The fourth-order valence-electron chi connectivity index (χ4n) is 4.56. The number of nitrogens with zero attached hydrogens (tertiary/aromatic N) is 1. The van der Waals surface area contributed by atoms with Crippen LogP contribution < -0.4 is 15.4 Å². The van der Waals surface area contributed by atoms with E-state index >= 15 is 0 Å². The van der Waals surface area contributed by atoms with Crippen LogP contribution in [0.15, 0.2) is 48.8 Å². The number of ether oxygens (including phenoxy) is 1. The van der Waals surface area contributed by atoms with Crippen molar-refractivity contribution in [1.82, 2.24) is 15.6 Å². The Hall–Kier alpha value is -3.14. The number of rotatable bonds is 6. The summed E-state index contributed by atoms with van der Waals surface area (Å²) < 4.78 is 46.9. The second-order valence-corrected chi connectivity index (χ2v) is 10.6. The summed E-state index contributed by atoms with van der Waals surface area (Å²) in [6, 6.07) is 9.31. The first-order valence-corrected chi connectivity index (χ1v) is 13.8. The van der Waals surface area contributed by atoms with E-state index in [0.29, 0.717) is 22.4 Å². The maximum Gasteiger partial charge on any atom is 0.263 e. The maximum absolute atomic E-state index is 14.1. The zero-order chi connectivity index (χ0) is 27.9. The number of aromatic nitrogens is 1. The van der Waals surface area contributed by atoms with Gasteiger partial charge in [-0.1, -0.05) is 36.9 Å². The summed E-state index contributed by atoms with van der Waals surface area (Å²) in [5.41, 5.74) is 1.86. The van der Waals surface area contributed by atoms with Gasteiger partial charge in [0.25, 0.3) is 5.91 Å². The molecule has 0 unspecified atom stereocenters. The molecule has 2 N–H and O–H groups in total. The van der Waals surface area contributed by atoms with Crippen molar-refractivity contribution in [2.45, 2.75) is 44.7 Å². The van der Waals surface area contributed by atoms with Crippen LogP contribution in [0.3, 0.4) is 0 Å². The fraction of sp³-hybridized carbons (Fsp3) is 0.310. The zero-order valence-electron chi connectivity index (χ0n) is 21.6. The van der Waals surface area contributed by atoms with Crippen molar-refractivity contribution < 1.29 is 22.7 Å². The number of hydrogen-bond acceptors (Lipinski definition) is 5. The lowest BCUT2D eigenvalue weighted by atomic mass is 9.96. The Balaban J connectivity index is 0.000000379. The molecule has 1 saturated carbocycles. The monoisotopic (exact) mass is 575 g/mol. The highest BCUT2D eigenvalue weighted by Gasteiger charge is 2.22. The summed E-state index contributed by atoms with van der Waals surface area (Å²) in [4.78, 5) is 16.5. The number of methoxy groups -OCH3 is 1. The standard InChI is InChI=1S/C22H14ClF3N2O2S.C7H15N/c1-30-17-5-2-11(12-7-14(24)10-27-8-12)6-13(17)9-28-22(29)21-19(23)18-15(25)3-4-16(26)20(18)31-21;1-8-7-5-3-2-4-6-7/h2-8,10H,9H2,1H3,(H,28,29);7-8H,2-6H2,1H3. The van der Waals surface area contributed by atoms with Crippen LogP contribution in [0.5, 0.6) is 5.75 Å². The van der Waals surface area contributed by atoms with Crippen LogP contribution in [0.25, 0.3) is 21.2 Å². The van der Waals surface area contributed by atoms with Gasteiger partial charge in [-0.25, -0.2) is 13.2 Å². The van der Waals surface area contributed by atoms with E-state index in [9.17, 15) is 18.0 Å². The molecule has 4 aromatic rings. The van der Waals surface area contributed by atoms with Gasteiger partial charge in [-0.3, -0.25) is 9.78 Å². The van der Waals surface area contributed by atoms with Crippen molar-refractivity contribution in [1.29, 1.82) is 0 Å². The topological polar surface area (TPSA) is 63.2 Å². The molecule has 39 heavy (non-hydrogen) atoms. The number of halogens is 4. The average Bonchev–Trinajstić information content (AvgIpc) is 3.32. The van der Waals surface area contributed by atoms with E-state index < -0.39 is 23.4 Å². The third-order valence-corrected chi connectivity index (χ3v) is 8.35. The zero-order valence-corrected chi connectivity index (χ0v) is 23.2. The molecule has 206 valence electrons. The highest BCUT2D eigenvalue weighted by molar-refractivity contribution is 7.21. The van der Waals surface area contributed by atoms with Crippen molar-refractivity contribution in [2.24, 2.45) is 0 Å². The Labute approximate surface area is 234 Å². The Morgan fingerprint density at radius 2 is 1.79 bits per heavy atom. The van der Waals surface area contributed by atoms with Gasteiger partial charge in [-0.15, -0.1) is 11.3 Å². The third kappa shape index (κ3) is 6.90. The van der Waals surface area contributed by atoms with Gasteiger partial charge < -0.3 is 15.4 Å². The Bertz CT molecular complexity index is 1460. The SMILES string of the molecule is CNC1CCCCC1.COc1ccc(-c2cncc(F)c2)cc1CNC(=O)c1sc2c(F)ccc(F)c2c1Cl. The number of pyridine rings is 1. The van der Waals surface area contributed by atoms with Crippen molar-refractivity contribution in [3.05, 3.63) is 81.7 Å². The van der Waals surface area contributed by atoms with Gasteiger partial charge in [-0.05, 0) is 55.8 Å². The molecule has 5 nitrogen and oxygen atoms in total. The van der Waals surface area contributed by atoms with Gasteiger partial charge in [0.1, 0.15) is 28.1 Å². The van der Waals surface area contributed by atoms with Crippen molar-refractivity contribution in [2.75, 3.05) is 14.2 Å². The lowest BCUT2D eigenvalue weighted by Crippen LogP contribution is -2.26. The van der Waals surface area contributed by atoms with Crippen LogP contribution in [0.2, 0.25) is 5.02 Å². The number of nitrogens with one attached hydrogen (secondary N) is 2. The van der Waals surface area contributed by atoms with Crippen LogP contribution in [0, 0.1) is 17.5 Å². The number of carbonyl (C=O) groups is 1. The fourth-order valence-corrected chi connectivity index (χ4v) is 6.03. The lowest BCUT2D eigenvalue weighted by molar-refractivity contribution is 0.0955. The lowest BCUT2D eigenvalue weighted by Gasteiger charge is -2.20. The molecule has 1 fully saturated rings. The molecule has 1 amide bonds. The van der Waals surface area contributed by atoms with Crippen molar-refractivity contribution >= 4 is 38.9 Å². The molecular formula is C29H29ClF3N3O2S. The van der Waals surface area contributed by atoms with Gasteiger partial charge in [-0.2, -0.15) is 0 Å². The molecule has 5 rings (SSSR count). The van der Waals surface area contributed by atoms with Crippen LogP contribution in [-0.2, 0) is 6.54 Å². The average molecular weight is 576 g/mol. The molecule has 10 heteroatoms. The van der Waals surface area contributed by atoms with Gasteiger partial charge in [0, 0.05) is 29.9 Å². The van der Waals surface area contributed by atoms with E-state index in [2.05, 4.69) is 22.7 Å². The summed E-state index contributed by atoms with van der Waals surface area (Å²) in [6.45, 7) is 0.0497. The number of hydrogen-bond donors (Lipinski definition) is 2. The van der Waals surface area contributed by atoms with E-state index in [0.717, 1.165) is 35.7 Å². The molecule has 0 bridgehead atoms. The largest absolute Gasteiger partial charge is 0.496 e. The van der Waals surface area contributed by atoms with E-state index in [1.165, 1.54) is 51.5 Å². The second kappa shape index (κ2) is 13.3. The summed E-state index contributed by atoms with van der Waals surface area (Å²) in [6.07, 6.45) is 9.75. The normalized spacial score (nSPS) is 13.6. The van der Waals surface area contributed by atoms with Gasteiger partial charge in [0.2, 0.25) is 0 Å². The summed E-state index contributed by atoms with van der Waals surface area (Å²) >= 11 is 6.94. The number of benzene rings is 2. The molecule has 2 aromatic heterocycles. The predicted molar refractivity (Wildman–Crippen MR) is 150 cm³/mol. The Morgan fingerprint density at radius 3 is 2.44 bits per heavy atom. The molecule has 2 aromatic carbocycles. The molecule has 0 aliphatic heterocycles. The minimum absolute atomic E-state index is 0.00474. The number of thiophene rings is 1. The number of amides is 1. The number of carbonyl (C=O) groups excluding carboxylic acids is 1. The second-order valence-electron chi connectivity index (χ2n) is 9.20. The minimum Gasteiger partial charge on any atom is -0.496 e. The molecule has 1 aliphatic rings. The third-order valence-electron chi connectivity index (χ3n) is 6.66. The van der Waals surface area contributed by atoms with Crippen molar-refractivity contribution in [3.8, 4) is 16.9 Å². The van der Waals surface area contributed by atoms with Crippen LogP contribution in [0.1, 0.15) is 47.3 Å². The minimum atomic E-state index is -0.699. The summed E-state index contributed by atoms with van der Waals surface area (Å²) in [5, 5.41) is 5.74. The molecule has 2 heterocycles. The first-order chi connectivity index (χ1) is 18.8. The molecule has 0 spiro atoms. The molecule has 0 radical (unpaired) electrons. The quantitative estimate of drug-likeness (QED) is 0.250. The van der Waals surface area contributed by atoms with Gasteiger partial charge in [0.15, 0.2) is 0 Å². The van der Waals surface area contributed by atoms with Crippen LogP contribution >= 0.6 is 22.9 Å². The molecule has 0 saturated heterocycles. The first-order valence-electron chi connectivity index (χ1n) is 12.6. The Kier molecular flexibility index (Phi) is 9.83. The highest BCUT2D eigenvalue weighted by atomic mass is 35.5. The predicted octanol–water partition coefficient (Wildman–Crippen LogP) is 7.51. The van der Waals surface area contributed by atoms with Crippen molar-refractivity contribution in [3.63, 3.8) is 0 Å². The first kappa shape index (κ1) is 28.9. The summed E-state index contributed by atoms with van der Waals surface area (Å²) in [7, 11) is 3.55. The van der Waals surface area contributed by atoms with E-state index in [-0.39, 0.29) is 26.5 Å². The smallest absolute Gasteiger partial charge is 0.263 e. The van der Waals surface area contributed by atoms with E-state index in [1.807, 2.05) is 0 Å². The van der Waals surface area contributed by atoms with Gasteiger partial charge >= 0.3 is 0 Å². The van der Waals surface area contributed by atoms with Gasteiger partial charge in [0.05, 0.1) is 28.4 Å².